The van der Waals surface area contributed by atoms with E-state index in [9.17, 15) is 18.0 Å². The molecule has 1 aromatic heterocycles. The first-order chi connectivity index (χ1) is 22.0. The molecule has 242 valence electrons. The molecule has 2 heterocycles. The maximum absolute atomic E-state index is 13.3. The molecule has 0 aliphatic carbocycles. The molecule has 5 rings (SSSR count). The van der Waals surface area contributed by atoms with Gasteiger partial charge < -0.3 is 15.0 Å². The lowest BCUT2D eigenvalue weighted by atomic mass is 10.0. The van der Waals surface area contributed by atoms with Crippen LogP contribution in [0.15, 0.2) is 78.0 Å². The molecule has 2 atom stereocenters. The molecule has 2 unspecified atom stereocenters. The van der Waals surface area contributed by atoms with Gasteiger partial charge in [-0.05, 0) is 80.1 Å². The fraction of sp³-hybridized carbons (Fsp3) is 0.353. The minimum absolute atomic E-state index is 0.222. The van der Waals surface area contributed by atoms with Gasteiger partial charge in [0.2, 0.25) is 0 Å². The van der Waals surface area contributed by atoms with E-state index < -0.39 is 6.36 Å². The number of nitrogens with one attached hydrogen (secondary N) is 1. The number of amides is 2. The van der Waals surface area contributed by atoms with Gasteiger partial charge in [-0.2, -0.15) is 4.99 Å². The van der Waals surface area contributed by atoms with Crippen molar-refractivity contribution in [1.82, 2.24) is 20.1 Å². The highest BCUT2D eigenvalue weighted by Crippen LogP contribution is 2.33. The van der Waals surface area contributed by atoms with Gasteiger partial charge in [-0.3, -0.25) is 0 Å². The average Bonchev–Trinajstić information content (AvgIpc) is 3.51. The molecule has 46 heavy (non-hydrogen) atoms. The van der Waals surface area contributed by atoms with E-state index in [-0.39, 0.29) is 23.9 Å². The number of carbonyl (C=O) groups is 1. The normalized spacial score (nSPS) is 16.8. The number of rotatable bonds is 9. The summed E-state index contributed by atoms with van der Waals surface area (Å²) in [7, 11) is 0. The van der Waals surface area contributed by atoms with Crippen LogP contribution in [0.5, 0.6) is 5.75 Å². The van der Waals surface area contributed by atoms with E-state index in [1.54, 1.807) is 11.8 Å². The highest BCUT2D eigenvalue weighted by atomic mass is 32.2. The van der Waals surface area contributed by atoms with Crippen LogP contribution in [0.1, 0.15) is 62.8 Å². The Labute approximate surface area is 271 Å². The van der Waals surface area contributed by atoms with Crippen molar-refractivity contribution in [3.63, 3.8) is 0 Å². The van der Waals surface area contributed by atoms with Gasteiger partial charge in [0.05, 0.1) is 11.7 Å². The van der Waals surface area contributed by atoms with Crippen molar-refractivity contribution >= 4 is 28.6 Å². The van der Waals surface area contributed by atoms with Crippen molar-refractivity contribution in [3.05, 3.63) is 89.7 Å². The number of aromatic nitrogens is 3. The smallest absolute Gasteiger partial charge is 0.406 e. The Hall–Kier alpha value is -4.32. The van der Waals surface area contributed by atoms with E-state index in [1.807, 2.05) is 31.2 Å². The molecule has 8 nitrogen and oxygen atoms in total. The van der Waals surface area contributed by atoms with Gasteiger partial charge in [-0.1, -0.05) is 68.4 Å². The van der Waals surface area contributed by atoms with Crippen molar-refractivity contribution < 1.29 is 22.7 Å². The summed E-state index contributed by atoms with van der Waals surface area (Å²) < 4.78 is 42.8. The van der Waals surface area contributed by atoms with E-state index in [0.717, 1.165) is 41.8 Å². The maximum atomic E-state index is 13.3. The van der Waals surface area contributed by atoms with Crippen molar-refractivity contribution in [2.75, 3.05) is 10.7 Å². The van der Waals surface area contributed by atoms with Crippen molar-refractivity contribution in [3.8, 4) is 22.8 Å². The molecule has 0 bridgehead atoms. The predicted molar refractivity (Wildman–Crippen MR) is 177 cm³/mol. The van der Waals surface area contributed by atoms with Gasteiger partial charge in [0, 0.05) is 23.0 Å². The first-order valence-electron chi connectivity index (χ1n) is 15.3. The Morgan fingerprint density at radius 1 is 1.11 bits per heavy atom. The average molecular weight is 651 g/mol. The molecule has 1 aliphatic heterocycles. The number of ether oxygens (including phenoxy) is 1. The number of thioether (sulfide) groups is 1. The Morgan fingerprint density at radius 2 is 1.85 bits per heavy atom. The Bertz CT molecular complexity index is 1670. The van der Waals surface area contributed by atoms with E-state index in [2.05, 4.69) is 69.0 Å². The van der Waals surface area contributed by atoms with Crippen LogP contribution in [0.3, 0.4) is 0 Å². The zero-order valence-corrected chi connectivity index (χ0v) is 27.0. The number of amidine groups is 1. The second-order valence-corrected chi connectivity index (χ2v) is 12.3. The first-order valence-corrected chi connectivity index (χ1v) is 16.3. The van der Waals surface area contributed by atoms with Crippen LogP contribution >= 0.6 is 11.8 Å². The molecule has 0 radical (unpaired) electrons. The molecule has 1 aliphatic rings. The monoisotopic (exact) mass is 650 g/mol. The van der Waals surface area contributed by atoms with Crippen LogP contribution in [-0.4, -0.2) is 44.1 Å². The number of alkyl halides is 3. The fourth-order valence-electron chi connectivity index (χ4n) is 5.39. The Morgan fingerprint density at radius 3 is 2.52 bits per heavy atom. The number of halogens is 3. The lowest BCUT2D eigenvalue weighted by Gasteiger charge is -2.37. The molecule has 4 aromatic rings. The third-order valence-electron chi connectivity index (χ3n) is 7.73. The summed E-state index contributed by atoms with van der Waals surface area (Å²) >= 11 is 1.61. The third-order valence-corrected chi connectivity index (χ3v) is 8.72. The minimum Gasteiger partial charge on any atom is -0.406 e. The van der Waals surface area contributed by atoms with Gasteiger partial charge in [0.1, 0.15) is 12.1 Å². The first kappa shape index (κ1) is 33.1. The number of benzene rings is 3. The van der Waals surface area contributed by atoms with Gasteiger partial charge in [0.25, 0.3) is 0 Å². The number of anilines is 1. The summed E-state index contributed by atoms with van der Waals surface area (Å²) in [6.07, 6.45) is 0.405. The molecule has 0 spiro atoms. The standard InChI is InChI=1S/C34H37F3N6O2S/c1-5-7-25-9-8-22(3)20-30(25)43-23(4)18-19-46-33(43)40-32(44)39-29(6-2)24-10-12-26(13-11-24)31-38-21-42(41-31)27-14-16-28(17-15-27)45-34(35,36)37/h8-17,20-21,23,29H,5-7,18-19H2,1-4H3,(H,39,44). The molecule has 2 amide bonds. The summed E-state index contributed by atoms with van der Waals surface area (Å²) in [5, 5.41) is 8.28. The van der Waals surface area contributed by atoms with Gasteiger partial charge in [-0.15, -0.1) is 18.3 Å². The Kier molecular flexibility index (Phi) is 10.4. The lowest BCUT2D eigenvalue weighted by molar-refractivity contribution is -0.274. The second-order valence-electron chi connectivity index (χ2n) is 11.2. The van der Waals surface area contributed by atoms with E-state index in [4.69, 9.17) is 0 Å². The van der Waals surface area contributed by atoms with Crippen LogP contribution in [0.4, 0.5) is 23.7 Å². The van der Waals surface area contributed by atoms with Gasteiger partial charge in [-0.25, -0.2) is 14.5 Å². The van der Waals surface area contributed by atoms with Crippen LogP contribution in [0.25, 0.3) is 17.1 Å². The second kappa shape index (κ2) is 14.4. The number of hydrogen-bond donors (Lipinski definition) is 1. The van der Waals surface area contributed by atoms with Crippen LogP contribution < -0.4 is 15.0 Å². The van der Waals surface area contributed by atoms with Crippen LogP contribution in [0.2, 0.25) is 0 Å². The highest BCUT2D eigenvalue weighted by molar-refractivity contribution is 8.14. The van der Waals surface area contributed by atoms with Crippen molar-refractivity contribution in [2.24, 2.45) is 4.99 Å². The summed E-state index contributed by atoms with van der Waals surface area (Å²) in [6, 6.07) is 19.1. The molecule has 1 saturated heterocycles. The molecular weight excluding hydrogens is 613 g/mol. The topological polar surface area (TPSA) is 84.6 Å². The number of carbonyl (C=O) groups excluding carboxylic acids is 1. The largest absolute Gasteiger partial charge is 0.573 e. The third kappa shape index (κ3) is 8.09. The number of aliphatic imine (C=N–C) groups is 1. The summed E-state index contributed by atoms with van der Waals surface area (Å²) in [4.78, 5) is 24.5. The quantitative estimate of drug-likeness (QED) is 0.195. The summed E-state index contributed by atoms with van der Waals surface area (Å²) in [5.41, 5.74) is 5.77. The zero-order valence-electron chi connectivity index (χ0n) is 26.2. The van der Waals surface area contributed by atoms with E-state index in [0.29, 0.717) is 23.1 Å². The highest BCUT2D eigenvalue weighted by Gasteiger charge is 2.31. The minimum atomic E-state index is -4.75. The van der Waals surface area contributed by atoms with Crippen LogP contribution in [0, 0.1) is 6.92 Å². The number of nitrogens with zero attached hydrogens (tertiary/aromatic N) is 5. The molecule has 12 heteroatoms. The number of aryl methyl sites for hydroxylation is 2. The van der Waals surface area contributed by atoms with E-state index in [1.165, 1.54) is 46.4 Å². The number of urea groups is 1. The molecule has 1 N–H and O–H groups in total. The van der Waals surface area contributed by atoms with Crippen molar-refractivity contribution in [1.29, 1.82) is 0 Å². The number of hydrogen-bond acceptors (Lipinski definition) is 5. The lowest BCUT2D eigenvalue weighted by Crippen LogP contribution is -2.43. The van der Waals surface area contributed by atoms with Gasteiger partial charge >= 0.3 is 12.4 Å². The van der Waals surface area contributed by atoms with Gasteiger partial charge in [0.15, 0.2) is 11.0 Å². The molecule has 3 aromatic carbocycles. The molecule has 1 fully saturated rings. The van der Waals surface area contributed by atoms with Crippen molar-refractivity contribution in [2.45, 2.75) is 71.8 Å². The molecular formula is C34H37F3N6O2S. The van der Waals surface area contributed by atoms with E-state index >= 15 is 0 Å². The maximum Gasteiger partial charge on any atom is 0.573 e. The van der Waals surface area contributed by atoms with Crippen LogP contribution in [-0.2, 0) is 6.42 Å². The predicted octanol–water partition coefficient (Wildman–Crippen LogP) is 8.64. The Balaban J connectivity index is 1.28. The summed E-state index contributed by atoms with van der Waals surface area (Å²) in [5.74, 6) is 1.04. The zero-order chi connectivity index (χ0) is 32.8. The molecule has 0 saturated carbocycles. The SMILES string of the molecule is CCCc1ccc(C)cc1N1C(=NC(=O)NC(CC)c2ccc(-c3ncn(-c4ccc(OC(F)(F)F)cc4)n3)cc2)SCCC1C. The summed E-state index contributed by atoms with van der Waals surface area (Å²) in [6.45, 7) is 8.45. The fourth-order valence-corrected chi connectivity index (χ4v) is 6.59.